The molecule has 3 aliphatic heterocycles. The molecule has 3 aliphatic rings. The predicted molar refractivity (Wildman–Crippen MR) is 127 cm³/mol. The van der Waals surface area contributed by atoms with E-state index in [1.54, 1.807) is 23.0 Å². The van der Waals surface area contributed by atoms with E-state index in [1.165, 1.54) is 4.90 Å². The van der Waals surface area contributed by atoms with Crippen molar-refractivity contribution < 1.29 is 14.4 Å². The van der Waals surface area contributed by atoms with Crippen molar-refractivity contribution in [3.8, 4) is 0 Å². The highest BCUT2D eigenvalue weighted by Crippen LogP contribution is 2.35. The summed E-state index contributed by atoms with van der Waals surface area (Å²) in [7, 11) is 1.66. The lowest BCUT2D eigenvalue weighted by Crippen LogP contribution is -2.51. The van der Waals surface area contributed by atoms with Gasteiger partial charge in [-0.15, -0.1) is 0 Å². The van der Waals surface area contributed by atoms with Crippen molar-refractivity contribution in [3.63, 3.8) is 0 Å². The van der Waals surface area contributed by atoms with Crippen LogP contribution in [0.15, 0.2) is 59.9 Å². The van der Waals surface area contributed by atoms with E-state index in [0.717, 1.165) is 16.9 Å². The maximum atomic E-state index is 13.4. The van der Waals surface area contributed by atoms with Crippen LogP contribution in [0.1, 0.15) is 17.2 Å². The van der Waals surface area contributed by atoms with Crippen molar-refractivity contribution in [2.24, 2.45) is 0 Å². The Bertz CT molecular complexity index is 1140. The molecule has 0 radical (unpaired) electrons. The van der Waals surface area contributed by atoms with E-state index in [2.05, 4.69) is 15.2 Å². The summed E-state index contributed by atoms with van der Waals surface area (Å²) in [4.78, 5) is 50.4. The van der Waals surface area contributed by atoms with Crippen molar-refractivity contribution in [2.45, 2.75) is 13.0 Å². The molecule has 1 unspecified atom stereocenters. The number of carbonyl (C=O) groups is 3. The number of anilines is 1. The number of benzene rings is 1. The Morgan fingerprint density at radius 2 is 1.79 bits per heavy atom. The fourth-order valence-corrected chi connectivity index (χ4v) is 4.75. The Labute approximate surface area is 198 Å². The molecule has 9 nitrogen and oxygen atoms in total. The summed E-state index contributed by atoms with van der Waals surface area (Å²) in [5, 5.41) is 2.94. The van der Waals surface area contributed by atoms with E-state index in [1.807, 2.05) is 49.4 Å². The minimum absolute atomic E-state index is 0.00192. The highest BCUT2D eigenvalue weighted by atomic mass is 16.2. The van der Waals surface area contributed by atoms with Crippen LogP contribution in [0.3, 0.4) is 0 Å². The summed E-state index contributed by atoms with van der Waals surface area (Å²) < 4.78 is 0. The minimum Gasteiger partial charge on any atom is -0.353 e. The number of amides is 4. The number of nitrogens with one attached hydrogen (secondary N) is 1. The summed E-state index contributed by atoms with van der Waals surface area (Å²) in [6.45, 7) is 4.79. The first-order chi connectivity index (χ1) is 16.4. The molecule has 0 saturated carbocycles. The smallest absolute Gasteiger partial charge is 0.322 e. The van der Waals surface area contributed by atoms with Gasteiger partial charge in [0.2, 0.25) is 5.91 Å². The van der Waals surface area contributed by atoms with Crippen molar-refractivity contribution >= 4 is 23.7 Å². The molecule has 5 rings (SSSR count). The monoisotopic (exact) mass is 460 g/mol. The molecule has 4 amide bonds. The Morgan fingerprint density at radius 3 is 2.47 bits per heavy atom. The summed E-state index contributed by atoms with van der Waals surface area (Å²) in [6.07, 6.45) is 1.76. The SMILES string of the molecule is Cc1ccc(C2NC(=O)N(C)C3=C2C(=O)N(CC(=O)N2CCN(c4ccccn4)CC2)C3)cc1. The van der Waals surface area contributed by atoms with Crippen LogP contribution in [-0.4, -0.2) is 83.8 Å². The van der Waals surface area contributed by atoms with E-state index >= 15 is 0 Å². The van der Waals surface area contributed by atoms with Gasteiger partial charge >= 0.3 is 6.03 Å². The van der Waals surface area contributed by atoms with Gasteiger partial charge in [-0.3, -0.25) is 14.5 Å². The van der Waals surface area contributed by atoms with Crippen LogP contribution < -0.4 is 10.2 Å². The molecule has 1 aromatic heterocycles. The molecule has 2 aromatic rings. The third-order valence-electron chi connectivity index (χ3n) is 6.78. The number of urea groups is 1. The van der Waals surface area contributed by atoms with Crippen LogP contribution in [0.25, 0.3) is 0 Å². The predicted octanol–water partition coefficient (Wildman–Crippen LogP) is 1.53. The molecule has 34 heavy (non-hydrogen) atoms. The van der Waals surface area contributed by atoms with Gasteiger partial charge in [0.15, 0.2) is 0 Å². The van der Waals surface area contributed by atoms with Crippen molar-refractivity contribution in [3.05, 3.63) is 71.1 Å². The first kappa shape index (κ1) is 21.9. The number of hydrogen-bond acceptors (Lipinski definition) is 5. The summed E-state index contributed by atoms with van der Waals surface area (Å²) in [5.41, 5.74) is 3.16. The average Bonchev–Trinajstić information content (AvgIpc) is 3.18. The number of aromatic nitrogens is 1. The third kappa shape index (κ3) is 3.98. The van der Waals surface area contributed by atoms with Gasteiger partial charge in [0.05, 0.1) is 23.9 Å². The fourth-order valence-electron chi connectivity index (χ4n) is 4.75. The molecule has 1 atom stereocenters. The lowest BCUT2D eigenvalue weighted by molar-refractivity contribution is -0.137. The Morgan fingerprint density at radius 1 is 1.06 bits per heavy atom. The van der Waals surface area contributed by atoms with Gasteiger partial charge < -0.3 is 20.0 Å². The quantitative estimate of drug-likeness (QED) is 0.748. The van der Waals surface area contributed by atoms with E-state index in [0.29, 0.717) is 37.4 Å². The normalized spacial score (nSPS) is 20.6. The van der Waals surface area contributed by atoms with Crippen LogP contribution >= 0.6 is 0 Å². The lowest BCUT2D eigenvalue weighted by Gasteiger charge is -2.36. The van der Waals surface area contributed by atoms with E-state index in [4.69, 9.17) is 0 Å². The Kier molecular flexibility index (Phi) is 5.69. The lowest BCUT2D eigenvalue weighted by atomic mass is 9.95. The van der Waals surface area contributed by atoms with E-state index in [-0.39, 0.29) is 30.9 Å². The maximum absolute atomic E-state index is 13.4. The minimum atomic E-state index is -0.520. The van der Waals surface area contributed by atoms with Gasteiger partial charge in [-0.25, -0.2) is 9.78 Å². The summed E-state index contributed by atoms with van der Waals surface area (Å²) in [6, 6.07) is 12.8. The molecule has 0 bridgehead atoms. The van der Waals surface area contributed by atoms with Crippen LogP contribution in [0.4, 0.5) is 10.6 Å². The number of aryl methyl sites for hydroxylation is 1. The first-order valence-electron chi connectivity index (χ1n) is 11.5. The highest BCUT2D eigenvalue weighted by molar-refractivity contribution is 6.03. The standard InChI is InChI=1S/C25H28N6O3/c1-17-6-8-18(9-7-17)23-22-19(28(2)25(34)27-23)15-31(24(22)33)16-21(32)30-13-11-29(12-14-30)20-5-3-4-10-26-20/h3-10,23H,11-16H2,1-2H3,(H,27,34). The molecular weight excluding hydrogens is 432 g/mol. The number of carbonyl (C=O) groups excluding carboxylic acids is 3. The molecular formula is C25H28N6O3. The summed E-state index contributed by atoms with van der Waals surface area (Å²) >= 11 is 0. The van der Waals surface area contributed by atoms with Crippen LogP contribution in [0, 0.1) is 6.92 Å². The second kappa shape index (κ2) is 8.81. The first-order valence-corrected chi connectivity index (χ1v) is 11.5. The van der Waals surface area contributed by atoms with E-state index < -0.39 is 6.04 Å². The number of rotatable bonds is 4. The number of hydrogen-bond donors (Lipinski definition) is 1. The van der Waals surface area contributed by atoms with E-state index in [9.17, 15) is 14.4 Å². The van der Waals surface area contributed by atoms with Crippen molar-refractivity contribution in [1.82, 2.24) is 25.0 Å². The topological polar surface area (TPSA) is 89.1 Å². The number of nitrogens with zero attached hydrogens (tertiary/aromatic N) is 5. The van der Waals surface area contributed by atoms with Gasteiger partial charge in [0.1, 0.15) is 12.4 Å². The summed E-state index contributed by atoms with van der Waals surface area (Å²) in [5.74, 6) is 0.624. The zero-order valence-corrected chi connectivity index (χ0v) is 19.4. The molecule has 0 aliphatic carbocycles. The third-order valence-corrected chi connectivity index (χ3v) is 6.78. The van der Waals surface area contributed by atoms with Gasteiger partial charge in [-0.1, -0.05) is 35.9 Å². The second-order valence-corrected chi connectivity index (χ2v) is 8.93. The molecule has 1 fully saturated rings. The highest BCUT2D eigenvalue weighted by Gasteiger charge is 2.43. The molecule has 1 aromatic carbocycles. The van der Waals surface area contributed by atoms with Crippen LogP contribution in [-0.2, 0) is 9.59 Å². The average molecular weight is 461 g/mol. The maximum Gasteiger partial charge on any atom is 0.322 e. The van der Waals surface area contributed by atoms with Crippen LogP contribution in [0.5, 0.6) is 0 Å². The zero-order valence-electron chi connectivity index (χ0n) is 19.4. The van der Waals surface area contributed by atoms with Crippen LogP contribution in [0.2, 0.25) is 0 Å². The fraction of sp³-hybridized carbons (Fsp3) is 0.360. The van der Waals surface area contributed by atoms with Crippen molar-refractivity contribution in [2.75, 3.05) is 51.2 Å². The Balaban J connectivity index is 1.27. The molecule has 176 valence electrons. The number of likely N-dealkylation sites (N-methyl/N-ethyl adjacent to an activating group) is 1. The van der Waals surface area contributed by atoms with Gasteiger partial charge in [0, 0.05) is 39.4 Å². The van der Waals surface area contributed by atoms with Gasteiger partial charge in [-0.05, 0) is 24.6 Å². The molecule has 1 saturated heterocycles. The zero-order chi connectivity index (χ0) is 23.8. The second-order valence-electron chi connectivity index (χ2n) is 8.93. The molecule has 1 N–H and O–H groups in total. The Hall–Kier alpha value is -3.88. The van der Waals surface area contributed by atoms with Gasteiger partial charge in [0.25, 0.3) is 5.91 Å². The molecule has 0 spiro atoms. The molecule has 4 heterocycles. The van der Waals surface area contributed by atoms with Gasteiger partial charge in [-0.2, -0.15) is 0 Å². The largest absolute Gasteiger partial charge is 0.353 e. The molecule has 9 heteroatoms. The van der Waals surface area contributed by atoms with Crippen molar-refractivity contribution in [1.29, 1.82) is 0 Å². The number of pyridine rings is 1. The number of piperazine rings is 1.